The molecule has 38 unspecified atom stereocenters. The molecule has 34 heteroatoms. The van der Waals surface area contributed by atoms with Gasteiger partial charge < -0.3 is 163 Å². The van der Waals surface area contributed by atoms with E-state index < -0.39 is 253 Å². The zero-order valence-electron chi connectivity index (χ0n) is 56.2. The molecule has 12 aliphatic rings. The molecule has 568 valence electrons. The lowest BCUT2D eigenvalue weighted by molar-refractivity contribution is -0.414. The highest BCUT2D eigenvalue weighted by Gasteiger charge is 2.75. The van der Waals surface area contributed by atoms with Gasteiger partial charge in [-0.3, -0.25) is 4.79 Å². The van der Waals surface area contributed by atoms with Crippen molar-refractivity contribution in [2.45, 2.75) is 301 Å². The lowest BCUT2D eigenvalue weighted by atomic mass is 9.42. The summed E-state index contributed by atoms with van der Waals surface area (Å²) >= 11 is 0. The van der Waals surface area contributed by atoms with Gasteiger partial charge in [-0.1, -0.05) is 45.8 Å². The fourth-order valence-corrected chi connectivity index (χ4v) is 19.4. The van der Waals surface area contributed by atoms with Crippen molar-refractivity contribution in [3.05, 3.63) is 11.1 Å². The fourth-order valence-electron chi connectivity index (χ4n) is 19.4. The number of hydrogen-bond donors (Lipinski definition) is 19. The third-order valence-corrected chi connectivity index (χ3v) is 25.4. The summed E-state index contributed by atoms with van der Waals surface area (Å²) in [5, 5.41) is 211. The van der Waals surface area contributed by atoms with Gasteiger partial charge in [-0.15, -0.1) is 0 Å². The van der Waals surface area contributed by atoms with E-state index in [1.165, 1.54) is 18.1 Å². The Morgan fingerprint density at radius 3 is 1.62 bits per heavy atom. The molecule has 0 bridgehead atoms. The molecule has 0 amide bonds. The first kappa shape index (κ1) is 76.6. The Balaban J connectivity index is 0.777. The van der Waals surface area contributed by atoms with Crippen LogP contribution in [0.2, 0.25) is 0 Å². The third-order valence-electron chi connectivity index (χ3n) is 25.4. The van der Waals surface area contributed by atoms with Crippen LogP contribution in [0.4, 0.5) is 0 Å². The van der Waals surface area contributed by atoms with Crippen LogP contribution in [-0.4, -0.2) is 345 Å². The van der Waals surface area contributed by atoms with Crippen molar-refractivity contribution < 1.29 is 168 Å². The Hall–Kier alpha value is -2.07. The van der Waals surface area contributed by atoms with Gasteiger partial charge in [0.25, 0.3) is 0 Å². The number of carbonyl (C=O) groups is 1. The largest absolute Gasteiger partial charge is 0.433 e. The minimum atomic E-state index is -2.17. The fraction of sp³-hybridized carbons (Fsp3) is 0.954. The summed E-state index contributed by atoms with van der Waals surface area (Å²) in [4.78, 5) is 12.8. The van der Waals surface area contributed by atoms with Crippen LogP contribution < -0.4 is 0 Å². The average Bonchev–Trinajstić information content (AvgIpc) is 1.42. The van der Waals surface area contributed by atoms with Gasteiger partial charge in [-0.05, 0) is 81.0 Å². The second-order valence-electron chi connectivity index (χ2n) is 30.7. The predicted molar refractivity (Wildman–Crippen MR) is 323 cm³/mol. The van der Waals surface area contributed by atoms with Crippen LogP contribution in [0.3, 0.4) is 0 Å². The van der Waals surface area contributed by atoms with Gasteiger partial charge in [-0.25, -0.2) is 0 Å². The highest BCUT2D eigenvalue weighted by Crippen LogP contribution is 2.76. The molecular weight excluding hydrogens is 1320 g/mol. The summed E-state index contributed by atoms with van der Waals surface area (Å²) in [6.45, 7) is 6.73. The molecule has 99 heavy (non-hydrogen) atoms. The van der Waals surface area contributed by atoms with Gasteiger partial charge in [0.2, 0.25) is 5.79 Å². The minimum absolute atomic E-state index is 0.114. The van der Waals surface area contributed by atoms with E-state index >= 15 is 0 Å². The Morgan fingerprint density at radius 1 is 0.475 bits per heavy atom. The smallest absolute Gasteiger partial charge is 0.311 e. The number of aliphatic hydroxyl groups excluding tert-OH is 19. The molecule has 34 nitrogen and oxygen atoms in total. The Kier molecular flexibility index (Phi) is 22.4. The van der Waals surface area contributed by atoms with E-state index in [9.17, 15) is 102 Å². The number of aliphatic hydroxyl groups is 19. The normalized spacial score (nSPS) is 54.5. The van der Waals surface area contributed by atoms with E-state index in [1.807, 2.05) is 6.92 Å². The van der Waals surface area contributed by atoms with Crippen molar-refractivity contribution >= 4 is 5.97 Å². The standard InChI is InChI=1S/C65H104O34/c1-24-15-64(98-53(24)85)16-25(2)65(99-64)14-13-61(5)28-7-8-34-60(4,27(28)9-12-62(61,65)6)11-10-35(63(34,22-69)23-70)93-55-47(83)44(80)40(76)33(92-55)21-87-57-50(37(73)29(71)20-86-57)96-59-52(97-54-46(82)42(78)36(72)26(3)88-54)49(41(77)32(19-68)91-59)94-58-51(45(81)39(75)31(18-67)90-58)95-56-48(84)43(79)38(74)30(17-66)89-56/h24-26,29-52,54-59,66-84H,7-23H2,1-6H3. The highest BCUT2D eigenvalue weighted by atomic mass is 16.8. The average molecular weight is 1430 g/mol. The first-order valence-corrected chi connectivity index (χ1v) is 34.8. The number of esters is 1. The zero-order valence-corrected chi connectivity index (χ0v) is 56.2. The SMILES string of the molecule is CC1CC2(CC(C)C3(CCC4(C)C5=C(CCC43C)C3(C)CCC(OC4OC(COC6OCC(O)C(O)C6OC6OC(CO)C(O)C(OC7OC(CO)C(O)C(O)C7OC7OC(CO)C(O)C(O)C7O)C6OC6OC(C)C(O)C(O)C6O)C(O)C(O)C4O)C(CO)(CO)C3CC5)O2)OC1=O. The van der Waals surface area contributed by atoms with Crippen molar-refractivity contribution in [2.24, 2.45) is 39.4 Å². The van der Waals surface area contributed by atoms with Gasteiger partial charge in [0.1, 0.15) is 134 Å². The van der Waals surface area contributed by atoms with Crippen LogP contribution in [0.5, 0.6) is 0 Å². The van der Waals surface area contributed by atoms with Crippen molar-refractivity contribution in [1.29, 1.82) is 0 Å². The summed E-state index contributed by atoms with van der Waals surface area (Å²) in [6, 6.07) is 0. The summed E-state index contributed by atoms with van der Waals surface area (Å²) < 4.78 is 85.9. The first-order chi connectivity index (χ1) is 46.8. The van der Waals surface area contributed by atoms with Gasteiger partial charge in [0.05, 0.1) is 70.0 Å². The lowest BCUT2D eigenvalue weighted by Gasteiger charge is -2.64. The maximum atomic E-state index is 12.8. The molecule has 0 aromatic rings. The molecule has 4 aliphatic carbocycles. The number of rotatable bonds is 18. The van der Waals surface area contributed by atoms with Crippen LogP contribution in [0.1, 0.15) is 106 Å². The van der Waals surface area contributed by atoms with Crippen LogP contribution in [-0.2, 0) is 71.1 Å². The minimum Gasteiger partial charge on any atom is -0.433 e. The molecule has 38 atom stereocenters. The number of ether oxygens (including phenoxy) is 14. The molecule has 0 aromatic carbocycles. The molecule has 12 rings (SSSR count). The summed E-state index contributed by atoms with van der Waals surface area (Å²) in [5.41, 5.74) is -0.392. The Morgan fingerprint density at radius 2 is 1.00 bits per heavy atom. The monoisotopic (exact) mass is 1430 g/mol. The van der Waals surface area contributed by atoms with Gasteiger partial charge >= 0.3 is 5.97 Å². The van der Waals surface area contributed by atoms with E-state index in [1.54, 1.807) is 0 Å². The lowest BCUT2D eigenvalue weighted by Crippen LogP contribution is -2.69. The van der Waals surface area contributed by atoms with Crippen molar-refractivity contribution in [2.75, 3.05) is 46.2 Å². The molecule has 8 saturated heterocycles. The molecule has 0 aromatic heterocycles. The summed E-state index contributed by atoms with van der Waals surface area (Å²) in [6.07, 6.45) is -50.7. The topological polar surface area (TPSA) is 531 Å². The van der Waals surface area contributed by atoms with E-state index in [0.29, 0.717) is 32.1 Å². The quantitative estimate of drug-likeness (QED) is 0.0448. The predicted octanol–water partition coefficient (Wildman–Crippen LogP) is -6.89. The molecular formula is C65H104O34. The van der Waals surface area contributed by atoms with Crippen LogP contribution >= 0.6 is 0 Å². The highest BCUT2D eigenvalue weighted by molar-refractivity contribution is 5.74. The number of fused-ring (bicyclic) bond motifs is 5. The first-order valence-electron chi connectivity index (χ1n) is 34.8. The molecule has 2 spiro atoms. The maximum absolute atomic E-state index is 12.8. The van der Waals surface area contributed by atoms with E-state index in [4.69, 9.17) is 66.3 Å². The molecule has 8 aliphatic heterocycles. The van der Waals surface area contributed by atoms with Gasteiger partial charge in [0.15, 0.2) is 37.7 Å². The van der Waals surface area contributed by atoms with Crippen LogP contribution in [0.25, 0.3) is 0 Å². The maximum Gasteiger partial charge on any atom is 0.311 e. The van der Waals surface area contributed by atoms with E-state index in [0.717, 1.165) is 25.7 Å². The van der Waals surface area contributed by atoms with Crippen molar-refractivity contribution in [1.82, 2.24) is 0 Å². The summed E-state index contributed by atoms with van der Waals surface area (Å²) in [5.74, 6) is -1.71. The molecule has 19 N–H and O–H groups in total. The van der Waals surface area contributed by atoms with Crippen LogP contribution in [0.15, 0.2) is 11.1 Å². The molecule has 0 radical (unpaired) electrons. The van der Waals surface area contributed by atoms with E-state index in [-0.39, 0.29) is 41.0 Å². The Bertz CT molecular complexity index is 2820. The van der Waals surface area contributed by atoms with Crippen LogP contribution in [0, 0.1) is 39.4 Å². The number of allylic oxidation sites excluding steroid dienone is 2. The molecule has 8 heterocycles. The summed E-state index contributed by atoms with van der Waals surface area (Å²) in [7, 11) is 0. The zero-order chi connectivity index (χ0) is 71.7. The van der Waals surface area contributed by atoms with Gasteiger partial charge in [-0.2, -0.15) is 0 Å². The number of hydrogen-bond acceptors (Lipinski definition) is 34. The van der Waals surface area contributed by atoms with Crippen molar-refractivity contribution in [3.8, 4) is 0 Å². The molecule has 2 saturated carbocycles. The third kappa shape index (κ3) is 12.6. The molecule has 10 fully saturated rings. The van der Waals surface area contributed by atoms with Gasteiger partial charge in [0, 0.05) is 23.7 Å². The van der Waals surface area contributed by atoms with Crippen molar-refractivity contribution in [3.63, 3.8) is 0 Å². The van der Waals surface area contributed by atoms with E-state index in [2.05, 4.69) is 27.7 Å². The second kappa shape index (κ2) is 28.9. The number of carbonyl (C=O) groups excluding carboxylic acids is 1. The second-order valence-corrected chi connectivity index (χ2v) is 30.7. The Labute approximate surface area is 570 Å².